The molecule has 0 saturated carbocycles. The van der Waals surface area contributed by atoms with Crippen LogP contribution in [0.1, 0.15) is 0 Å². The summed E-state index contributed by atoms with van der Waals surface area (Å²) in [5.41, 5.74) is 0. The van der Waals surface area contributed by atoms with Gasteiger partial charge in [-0.05, 0) is 30.3 Å². The molecule has 0 radical (unpaired) electrons. The van der Waals surface area contributed by atoms with Crippen molar-refractivity contribution < 1.29 is 14.3 Å². The number of aromatic nitrogens is 1. The van der Waals surface area contributed by atoms with Crippen molar-refractivity contribution in [1.29, 1.82) is 0 Å². The van der Waals surface area contributed by atoms with Crippen LogP contribution in [-0.2, 0) is 4.79 Å². The van der Waals surface area contributed by atoms with Crippen molar-refractivity contribution in [3.05, 3.63) is 53.7 Å². The predicted octanol–water partition coefficient (Wildman–Crippen LogP) is 2.72. The Labute approximate surface area is 109 Å². The van der Waals surface area contributed by atoms with E-state index in [1.54, 1.807) is 48.7 Å². The molecule has 0 fully saturated rings. The first-order valence-corrected chi connectivity index (χ1v) is 5.62. The molecule has 0 spiro atoms. The quantitative estimate of drug-likeness (QED) is 0.796. The highest BCUT2D eigenvalue weighted by molar-refractivity contribution is 6.30. The lowest BCUT2D eigenvalue weighted by atomic mass is 10.3. The fourth-order valence-corrected chi connectivity index (χ4v) is 1.35. The number of rotatable bonds is 4. The fourth-order valence-electron chi connectivity index (χ4n) is 1.23. The van der Waals surface area contributed by atoms with Crippen molar-refractivity contribution in [2.24, 2.45) is 0 Å². The third-order valence-corrected chi connectivity index (χ3v) is 2.28. The minimum Gasteiger partial charge on any atom is -0.482 e. The van der Waals surface area contributed by atoms with Gasteiger partial charge in [0.2, 0.25) is 5.88 Å². The number of ether oxygens (including phenoxy) is 2. The van der Waals surface area contributed by atoms with E-state index in [2.05, 4.69) is 4.98 Å². The number of halogens is 1. The molecule has 2 rings (SSSR count). The van der Waals surface area contributed by atoms with Gasteiger partial charge in [0, 0.05) is 17.3 Å². The van der Waals surface area contributed by atoms with Gasteiger partial charge in [-0.25, -0.2) is 9.78 Å². The molecule has 0 aliphatic rings. The zero-order valence-electron chi connectivity index (χ0n) is 9.38. The molecular weight excluding hydrogens is 254 g/mol. The van der Waals surface area contributed by atoms with Gasteiger partial charge in [0.1, 0.15) is 5.75 Å². The van der Waals surface area contributed by atoms with Gasteiger partial charge < -0.3 is 9.47 Å². The highest BCUT2D eigenvalue weighted by atomic mass is 35.5. The Balaban J connectivity index is 1.83. The van der Waals surface area contributed by atoms with Crippen LogP contribution in [0.15, 0.2) is 48.7 Å². The van der Waals surface area contributed by atoms with Crippen LogP contribution >= 0.6 is 11.6 Å². The van der Waals surface area contributed by atoms with Gasteiger partial charge in [0.25, 0.3) is 0 Å². The summed E-state index contributed by atoms with van der Waals surface area (Å²) in [4.78, 5) is 15.3. The monoisotopic (exact) mass is 263 g/mol. The summed E-state index contributed by atoms with van der Waals surface area (Å²) < 4.78 is 10.2. The summed E-state index contributed by atoms with van der Waals surface area (Å²) >= 11 is 5.73. The minimum absolute atomic E-state index is 0.182. The molecule has 0 amide bonds. The lowest BCUT2D eigenvalue weighted by molar-refractivity contribution is -0.136. The largest absolute Gasteiger partial charge is 0.482 e. The maximum atomic E-state index is 11.4. The van der Waals surface area contributed by atoms with E-state index in [1.807, 2.05) is 0 Å². The van der Waals surface area contributed by atoms with Gasteiger partial charge in [-0.3, -0.25) is 0 Å². The highest BCUT2D eigenvalue weighted by Crippen LogP contribution is 2.15. The van der Waals surface area contributed by atoms with E-state index in [9.17, 15) is 4.79 Å². The highest BCUT2D eigenvalue weighted by Gasteiger charge is 2.06. The lowest BCUT2D eigenvalue weighted by Gasteiger charge is -2.05. The number of carbonyl (C=O) groups is 1. The van der Waals surface area contributed by atoms with Crippen LogP contribution < -0.4 is 9.47 Å². The molecule has 0 saturated heterocycles. The molecule has 18 heavy (non-hydrogen) atoms. The van der Waals surface area contributed by atoms with E-state index in [-0.39, 0.29) is 12.5 Å². The van der Waals surface area contributed by atoms with E-state index in [1.165, 1.54) is 0 Å². The SMILES string of the molecule is O=C(COc1ccc(Cl)cc1)Oc1ccccn1. The van der Waals surface area contributed by atoms with Crippen molar-refractivity contribution >= 4 is 17.6 Å². The van der Waals surface area contributed by atoms with Gasteiger partial charge in [-0.15, -0.1) is 0 Å². The van der Waals surface area contributed by atoms with Crippen molar-refractivity contribution in [3.63, 3.8) is 0 Å². The van der Waals surface area contributed by atoms with Crippen LogP contribution in [0.3, 0.4) is 0 Å². The van der Waals surface area contributed by atoms with Crippen molar-refractivity contribution in [2.45, 2.75) is 0 Å². The molecule has 0 atom stereocenters. The number of pyridine rings is 1. The summed E-state index contributed by atoms with van der Waals surface area (Å²) in [6.07, 6.45) is 1.54. The first-order chi connectivity index (χ1) is 8.74. The Hall–Kier alpha value is -2.07. The zero-order chi connectivity index (χ0) is 12.8. The molecule has 0 unspecified atom stereocenters. The second kappa shape index (κ2) is 6.02. The van der Waals surface area contributed by atoms with Gasteiger partial charge in [-0.2, -0.15) is 0 Å². The predicted molar refractivity (Wildman–Crippen MR) is 66.8 cm³/mol. The molecule has 0 aliphatic heterocycles. The third kappa shape index (κ3) is 3.75. The average molecular weight is 264 g/mol. The Morgan fingerprint density at radius 1 is 1.17 bits per heavy atom. The average Bonchev–Trinajstić information content (AvgIpc) is 2.39. The van der Waals surface area contributed by atoms with Crippen LogP contribution in [0.2, 0.25) is 5.02 Å². The molecule has 2 aromatic rings. The van der Waals surface area contributed by atoms with E-state index < -0.39 is 5.97 Å². The number of carbonyl (C=O) groups excluding carboxylic acids is 1. The van der Waals surface area contributed by atoms with Gasteiger partial charge in [0.05, 0.1) is 0 Å². The topological polar surface area (TPSA) is 48.4 Å². The molecule has 1 aromatic carbocycles. The van der Waals surface area contributed by atoms with E-state index in [0.29, 0.717) is 10.8 Å². The Morgan fingerprint density at radius 3 is 2.61 bits per heavy atom. The summed E-state index contributed by atoms with van der Waals surface area (Å²) in [6.45, 7) is -0.182. The van der Waals surface area contributed by atoms with Crippen LogP contribution in [0.5, 0.6) is 11.6 Å². The van der Waals surface area contributed by atoms with Crippen LogP contribution in [0.4, 0.5) is 0 Å². The standard InChI is InChI=1S/C13H10ClNO3/c14-10-4-6-11(7-5-10)17-9-13(16)18-12-3-1-2-8-15-12/h1-8H,9H2. The van der Waals surface area contributed by atoms with Gasteiger partial charge in [-0.1, -0.05) is 17.7 Å². The third-order valence-electron chi connectivity index (χ3n) is 2.03. The zero-order valence-corrected chi connectivity index (χ0v) is 10.1. The fraction of sp³-hybridized carbons (Fsp3) is 0.0769. The van der Waals surface area contributed by atoms with E-state index in [0.717, 1.165) is 0 Å². The minimum atomic E-state index is -0.511. The number of esters is 1. The van der Waals surface area contributed by atoms with Crippen LogP contribution in [-0.4, -0.2) is 17.6 Å². The molecule has 1 aromatic heterocycles. The Bertz CT molecular complexity index is 514. The van der Waals surface area contributed by atoms with Gasteiger partial charge in [0.15, 0.2) is 6.61 Å². The molecule has 5 heteroatoms. The number of nitrogens with zero attached hydrogens (tertiary/aromatic N) is 1. The molecule has 0 aliphatic carbocycles. The number of hydrogen-bond donors (Lipinski definition) is 0. The maximum absolute atomic E-state index is 11.4. The molecular formula is C13H10ClNO3. The molecule has 0 N–H and O–H groups in total. The second-order valence-corrected chi connectivity index (χ2v) is 3.82. The van der Waals surface area contributed by atoms with Crippen molar-refractivity contribution in [2.75, 3.05) is 6.61 Å². The van der Waals surface area contributed by atoms with E-state index in [4.69, 9.17) is 21.1 Å². The Morgan fingerprint density at radius 2 is 1.94 bits per heavy atom. The van der Waals surface area contributed by atoms with Crippen LogP contribution in [0.25, 0.3) is 0 Å². The summed E-state index contributed by atoms with van der Waals surface area (Å²) in [5, 5.41) is 0.610. The van der Waals surface area contributed by atoms with Gasteiger partial charge >= 0.3 is 5.97 Å². The smallest absolute Gasteiger partial charge is 0.350 e. The first kappa shape index (κ1) is 12.4. The first-order valence-electron chi connectivity index (χ1n) is 5.24. The second-order valence-electron chi connectivity index (χ2n) is 3.38. The van der Waals surface area contributed by atoms with Crippen molar-refractivity contribution in [3.8, 4) is 11.6 Å². The Kier molecular flexibility index (Phi) is 4.15. The number of hydrogen-bond acceptors (Lipinski definition) is 4. The molecule has 0 bridgehead atoms. The summed E-state index contributed by atoms with van der Waals surface area (Å²) in [6, 6.07) is 11.8. The maximum Gasteiger partial charge on any atom is 0.350 e. The summed E-state index contributed by atoms with van der Waals surface area (Å²) in [7, 11) is 0. The van der Waals surface area contributed by atoms with E-state index >= 15 is 0 Å². The summed E-state index contributed by atoms with van der Waals surface area (Å²) in [5.74, 6) is 0.295. The normalized spacial score (nSPS) is 9.83. The van der Waals surface area contributed by atoms with Crippen molar-refractivity contribution in [1.82, 2.24) is 4.98 Å². The molecule has 92 valence electrons. The molecule has 4 nitrogen and oxygen atoms in total. The lowest BCUT2D eigenvalue weighted by Crippen LogP contribution is -2.18. The number of benzene rings is 1. The molecule has 1 heterocycles. The van der Waals surface area contributed by atoms with Crippen LogP contribution in [0, 0.1) is 0 Å².